The fraction of sp³-hybridized carbons (Fsp3) is 0.235. The van der Waals surface area contributed by atoms with Crippen LogP contribution in [0.3, 0.4) is 0 Å². The van der Waals surface area contributed by atoms with Crippen molar-refractivity contribution in [1.82, 2.24) is 0 Å². The molecule has 1 unspecified atom stereocenters. The molecule has 0 saturated carbocycles. The highest BCUT2D eigenvalue weighted by Crippen LogP contribution is 2.41. The lowest BCUT2D eigenvalue weighted by Crippen LogP contribution is -2.39. The normalized spacial score (nSPS) is 21.1. The van der Waals surface area contributed by atoms with Gasteiger partial charge in [0, 0.05) is 0 Å². The Morgan fingerprint density at radius 1 is 0.947 bits per heavy atom. The minimum Gasteiger partial charge on any atom is -0.386 e. The Morgan fingerprint density at radius 2 is 1.42 bits per heavy atom. The highest BCUT2D eigenvalue weighted by Gasteiger charge is 2.43. The summed E-state index contributed by atoms with van der Waals surface area (Å²) >= 11 is 0. The van der Waals surface area contributed by atoms with E-state index >= 15 is 0 Å². The number of benzene rings is 2. The van der Waals surface area contributed by atoms with Crippen LogP contribution in [0.1, 0.15) is 24.5 Å². The molecule has 0 saturated heterocycles. The SMILES string of the molecule is CC1CC(c2ccccc2)(c2ccccc2)C(N)=N1. The molecular weight excluding hydrogens is 232 g/mol. The molecular formula is C17H18N2. The van der Waals surface area contributed by atoms with E-state index in [9.17, 15) is 0 Å². The smallest absolute Gasteiger partial charge is 0.109 e. The summed E-state index contributed by atoms with van der Waals surface area (Å²) in [4.78, 5) is 4.59. The third kappa shape index (κ3) is 1.84. The fourth-order valence-corrected chi connectivity index (χ4v) is 3.08. The van der Waals surface area contributed by atoms with E-state index < -0.39 is 0 Å². The van der Waals surface area contributed by atoms with Crippen LogP contribution in [0.5, 0.6) is 0 Å². The van der Waals surface area contributed by atoms with Gasteiger partial charge in [-0.3, -0.25) is 4.99 Å². The zero-order chi connectivity index (χ0) is 13.3. The van der Waals surface area contributed by atoms with Crippen LogP contribution in [0.25, 0.3) is 0 Å². The number of rotatable bonds is 2. The second-order valence-electron chi connectivity index (χ2n) is 5.20. The van der Waals surface area contributed by atoms with E-state index in [2.05, 4.69) is 60.4 Å². The molecule has 1 aliphatic heterocycles. The van der Waals surface area contributed by atoms with Gasteiger partial charge in [-0.1, -0.05) is 60.7 Å². The van der Waals surface area contributed by atoms with Crippen molar-refractivity contribution in [1.29, 1.82) is 0 Å². The number of nitrogens with zero attached hydrogens (tertiary/aromatic N) is 1. The van der Waals surface area contributed by atoms with Crippen LogP contribution >= 0.6 is 0 Å². The lowest BCUT2D eigenvalue weighted by molar-refractivity contribution is 0.592. The third-order valence-corrected chi connectivity index (χ3v) is 3.93. The van der Waals surface area contributed by atoms with Gasteiger partial charge in [0.05, 0.1) is 11.5 Å². The summed E-state index contributed by atoms with van der Waals surface area (Å²) in [7, 11) is 0. The molecule has 3 rings (SSSR count). The first-order valence-corrected chi connectivity index (χ1v) is 6.68. The number of aliphatic imine (C=N–C) groups is 1. The summed E-state index contributed by atoms with van der Waals surface area (Å²) < 4.78 is 0. The molecule has 2 nitrogen and oxygen atoms in total. The van der Waals surface area contributed by atoms with Gasteiger partial charge in [0.2, 0.25) is 0 Å². The summed E-state index contributed by atoms with van der Waals surface area (Å²) in [6, 6.07) is 21.2. The van der Waals surface area contributed by atoms with Gasteiger partial charge in [0.25, 0.3) is 0 Å². The lowest BCUT2D eigenvalue weighted by Gasteiger charge is -2.30. The van der Waals surface area contributed by atoms with E-state index in [1.807, 2.05) is 12.1 Å². The Hall–Kier alpha value is -2.09. The van der Waals surface area contributed by atoms with Crippen molar-refractivity contribution in [2.75, 3.05) is 0 Å². The molecule has 0 bridgehead atoms. The van der Waals surface area contributed by atoms with Crippen molar-refractivity contribution in [3.8, 4) is 0 Å². The molecule has 2 aromatic carbocycles. The van der Waals surface area contributed by atoms with Gasteiger partial charge in [-0.05, 0) is 24.5 Å². The number of hydrogen-bond donors (Lipinski definition) is 1. The highest BCUT2D eigenvalue weighted by molar-refractivity contribution is 5.97. The molecule has 0 spiro atoms. The summed E-state index contributed by atoms with van der Waals surface area (Å²) in [6.07, 6.45) is 0.937. The van der Waals surface area contributed by atoms with E-state index in [0.717, 1.165) is 12.3 Å². The molecule has 0 fully saturated rings. The molecule has 0 aromatic heterocycles. The maximum atomic E-state index is 6.32. The molecule has 19 heavy (non-hydrogen) atoms. The second kappa shape index (κ2) is 4.54. The molecule has 0 radical (unpaired) electrons. The van der Waals surface area contributed by atoms with Crippen LogP contribution < -0.4 is 5.73 Å². The van der Waals surface area contributed by atoms with Crippen molar-refractivity contribution < 1.29 is 0 Å². The Kier molecular flexibility index (Phi) is 2.86. The van der Waals surface area contributed by atoms with Crippen molar-refractivity contribution in [2.45, 2.75) is 24.8 Å². The monoisotopic (exact) mass is 250 g/mol. The fourth-order valence-electron chi connectivity index (χ4n) is 3.08. The highest BCUT2D eigenvalue weighted by atomic mass is 15.0. The van der Waals surface area contributed by atoms with Crippen molar-refractivity contribution in [2.24, 2.45) is 10.7 Å². The average Bonchev–Trinajstić information content (AvgIpc) is 2.76. The topological polar surface area (TPSA) is 38.4 Å². The third-order valence-electron chi connectivity index (χ3n) is 3.93. The minimum atomic E-state index is -0.262. The Bertz CT molecular complexity index is 548. The molecule has 1 heterocycles. The van der Waals surface area contributed by atoms with Crippen molar-refractivity contribution >= 4 is 5.84 Å². The largest absolute Gasteiger partial charge is 0.386 e. The Labute approximate surface area is 114 Å². The number of amidine groups is 1. The molecule has 2 heteroatoms. The van der Waals surface area contributed by atoms with Gasteiger partial charge >= 0.3 is 0 Å². The summed E-state index contributed by atoms with van der Waals surface area (Å²) in [5.41, 5.74) is 8.51. The standard InChI is InChI=1S/C17H18N2/c1-13-12-17(16(18)19-13,14-8-4-2-5-9-14)15-10-6-3-7-11-15/h2-11,13H,12H2,1H3,(H2,18,19). The van der Waals surface area contributed by atoms with Crippen LogP contribution in [-0.2, 0) is 5.41 Å². The van der Waals surface area contributed by atoms with E-state index in [0.29, 0.717) is 0 Å². The molecule has 2 aromatic rings. The first-order valence-electron chi connectivity index (χ1n) is 6.68. The minimum absolute atomic E-state index is 0.262. The quantitative estimate of drug-likeness (QED) is 0.873. The van der Waals surface area contributed by atoms with Crippen LogP contribution in [0.15, 0.2) is 65.7 Å². The maximum absolute atomic E-state index is 6.32. The van der Waals surface area contributed by atoms with Crippen molar-refractivity contribution in [3.05, 3.63) is 71.8 Å². The average molecular weight is 250 g/mol. The van der Waals surface area contributed by atoms with Crippen molar-refractivity contribution in [3.63, 3.8) is 0 Å². The van der Waals surface area contributed by atoms with E-state index in [4.69, 9.17) is 5.73 Å². The number of nitrogens with two attached hydrogens (primary N) is 1. The molecule has 2 N–H and O–H groups in total. The number of hydrogen-bond acceptors (Lipinski definition) is 2. The second-order valence-corrected chi connectivity index (χ2v) is 5.20. The van der Waals surface area contributed by atoms with Gasteiger partial charge < -0.3 is 5.73 Å². The first-order chi connectivity index (χ1) is 9.23. The zero-order valence-corrected chi connectivity index (χ0v) is 11.1. The van der Waals surface area contributed by atoms with Crippen LogP contribution in [0.4, 0.5) is 0 Å². The first kappa shape index (κ1) is 12.0. The molecule has 1 aliphatic rings. The van der Waals surface area contributed by atoms with Gasteiger partial charge in [0.15, 0.2) is 0 Å². The summed E-state index contributed by atoms with van der Waals surface area (Å²) in [5.74, 6) is 0.734. The van der Waals surface area contributed by atoms with Gasteiger partial charge in [-0.2, -0.15) is 0 Å². The Morgan fingerprint density at radius 3 is 1.79 bits per heavy atom. The summed E-state index contributed by atoms with van der Waals surface area (Å²) in [5, 5.41) is 0. The van der Waals surface area contributed by atoms with Crippen LogP contribution in [0.2, 0.25) is 0 Å². The molecule has 0 amide bonds. The lowest BCUT2D eigenvalue weighted by atomic mass is 9.71. The van der Waals surface area contributed by atoms with E-state index in [-0.39, 0.29) is 11.5 Å². The van der Waals surface area contributed by atoms with Gasteiger partial charge in [-0.15, -0.1) is 0 Å². The van der Waals surface area contributed by atoms with Gasteiger partial charge in [0.1, 0.15) is 5.84 Å². The Balaban J connectivity index is 2.21. The van der Waals surface area contributed by atoms with Gasteiger partial charge in [-0.25, -0.2) is 0 Å². The van der Waals surface area contributed by atoms with Crippen LogP contribution in [0, 0.1) is 0 Å². The van der Waals surface area contributed by atoms with Crippen LogP contribution in [-0.4, -0.2) is 11.9 Å². The predicted molar refractivity (Wildman–Crippen MR) is 79.4 cm³/mol. The molecule has 1 atom stereocenters. The van der Waals surface area contributed by atoms with E-state index in [1.165, 1.54) is 11.1 Å². The molecule has 0 aliphatic carbocycles. The zero-order valence-electron chi connectivity index (χ0n) is 11.1. The summed E-state index contributed by atoms with van der Waals surface area (Å²) in [6.45, 7) is 2.13. The maximum Gasteiger partial charge on any atom is 0.109 e. The van der Waals surface area contributed by atoms with E-state index in [1.54, 1.807) is 0 Å². The molecule has 96 valence electrons. The predicted octanol–water partition coefficient (Wildman–Crippen LogP) is 3.12.